The minimum absolute atomic E-state index is 0.00119. The smallest absolute Gasteiger partial charge is 0.456 e. The fraction of sp³-hybridized carbons (Fsp3) is 0.310. The highest BCUT2D eigenvalue weighted by Crippen LogP contribution is 2.44. The molecule has 0 aromatic heterocycles. The van der Waals surface area contributed by atoms with Crippen molar-refractivity contribution in [1.82, 2.24) is 0 Å². The molecule has 200 valence electrons. The molecule has 0 saturated carbocycles. The summed E-state index contributed by atoms with van der Waals surface area (Å²) in [4.78, 5) is 25.9. The van der Waals surface area contributed by atoms with Gasteiger partial charge in [0.25, 0.3) is 0 Å². The minimum atomic E-state index is -5.49. The molecule has 3 aromatic carbocycles. The Balaban J connectivity index is 1.65. The largest absolute Gasteiger partial charge is 0.510 e. The van der Waals surface area contributed by atoms with Gasteiger partial charge in [0.05, 0.1) is 5.56 Å². The summed E-state index contributed by atoms with van der Waals surface area (Å²) >= 11 is 0. The zero-order chi connectivity index (χ0) is 28.0. The molecule has 1 amide bonds. The molecule has 0 aliphatic heterocycles. The number of halogens is 3. The third-order valence-corrected chi connectivity index (χ3v) is 6.81. The van der Waals surface area contributed by atoms with Crippen LogP contribution in [-0.2, 0) is 9.47 Å². The maximum Gasteiger partial charge on any atom is 0.510 e. The van der Waals surface area contributed by atoms with Crippen LogP contribution >= 0.6 is 0 Å². The van der Waals surface area contributed by atoms with Crippen LogP contribution in [-0.4, -0.2) is 31.2 Å². The second kappa shape index (κ2) is 9.85. The van der Waals surface area contributed by atoms with Gasteiger partial charge in [0.1, 0.15) is 12.2 Å². The highest BCUT2D eigenvalue weighted by molar-refractivity contribution is 6.74. The summed E-state index contributed by atoms with van der Waals surface area (Å²) in [5.74, 6) is -1.09. The lowest BCUT2D eigenvalue weighted by Crippen LogP contribution is -2.41. The Morgan fingerprint density at radius 3 is 1.89 bits per heavy atom. The Kier molecular flexibility index (Phi) is 7.08. The Hall–Kier alpha value is -3.75. The summed E-state index contributed by atoms with van der Waals surface area (Å²) in [5.41, 5.74) is 1.77. The molecule has 1 aliphatic rings. The fourth-order valence-corrected chi connectivity index (χ4v) is 5.29. The highest BCUT2D eigenvalue weighted by atomic mass is 19.4. The van der Waals surface area contributed by atoms with E-state index in [1.54, 1.807) is 20.8 Å². The quantitative estimate of drug-likeness (QED) is 0.289. The van der Waals surface area contributed by atoms with E-state index in [1.807, 2.05) is 48.5 Å². The molecule has 38 heavy (non-hydrogen) atoms. The van der Waals surface area contributed by atoms with Crippen LogP contribution in [0.15, 0.2) is 48.5 Å². The topological polar surface area (TPSA) is 64.6 Å². The van der Waals surface area contributed by atoms with Crippen molar-refractivity contribution in [3.05, 3.63) is 81.9 Å². The molecule has 0 fully saturated rings. The molecule has 9 heteroatoms. The molecular formula is C29H30BF3NO4-. The second-order valence-electron chi connectivity index (χ2n) is 10.6. The molecule has 0 atom stereocenters. The van der Waals surface area contributed by atoms with Crippen LogP contribution < -0.4 is 10.8 Å². The second-order valence-corrected chi connectivity index (χ2v) is 10.6. The standard InChI is InChI=1S/C29H30BF3NO4/c1-16-24(27(35)38-29(4,5)6)17(2)26(18(3)25(16)30(31,32)33)34-28(36)37-15-23-21-13-9-7-11-19(21)20-12-8-10-14-22(20)23/h7-14,23H,15H2,1-6H3,(H,34,36)/q-1. The van der Waals surface area contributed by atoms with Crippen molar-refractivity contribution in [3.63, 3.8) is 0 Å². The third-order valence-electron chi connectivity index (χ3n) is 6.81. The van der Waals surface area contributed by atoms with Gasteiger partial charge in [0.15, 0.2) is 0 Å². The summed E-state index contributed by atoms with van der Waals surface area (Å²) in [6.45, 7) is 3.43. The van der Waals surface area contributed by atoms with Gasteiger partial charge in [-0.1, -0.05) is 65.1 Å². The van der Waals surface area contributed by atoms with E-state index < -0.39 is 30.1 Å². The van der Waals surface area contributed by atoms with Crippen molar-refractivity contribution in [2.24, 2.45) is 0 Å². The molecule has 1 aliphatic carbocycles. The molecule has 0 unspecified atom stereocenters. The van der Waals surface area contributed by atoms with Crippen LogP contribution in [0.4, 0.5) is 23.4 Å². The van der Waals surface area contributed by atoms with Crippen LogP contribution in [0, 0.1) is 20.8 Å². The third kappa shape index (κ3) is 5.15. The fourth-order valence-electron chi connectivity index (χ4n) is 5.29. The van der Waals surface area contributed by atoms with E-state index in [1.165, 1.54) is 20.8 Å². The van der Waals surface area contributed by atoms with Crippen molar-refractivity contribution in [2.75, 3.05) is 11.9 Å². The van der Waals surface area contributed by atoms with Crippen LogP contribution in [0.1, 0.15) is 64.9 Å². The summed E-state index contributed by atoms with van der Waals surface area (Å²) < 4.78 is 53.4. The van der Waals surface area contributed by atoms with E-state index in [2.05, 4.69) is 5.32 Å². The van der Waals surface area contributed by atoms with E-state index in [0.717, 1.165) is 22.3 Å². The number of hydrogen-bond acceptors (Lipinski definition) is 4. The summed E-state index contributed by atoms with van der Waals surface area (Å²) in [6.07, 6.45) is -0.905. The Morgan fingerprint density at radius 1 is 0.868 bits per heavy atom. The van der Waals surface area contributed by atoms with Gasteiger partial charge >= 0.3 is 19.0 Å². The molecule has 1 N–H and O–H groups in total. The van der Waals surface area contributed by atoms with Crippen LogP contribution in [0.5, 0.6) is 0 Å². The van der Waals surface area contributed by atoms with Gasteiger partial charge in [-0.25, -0.2) is 9.59 Å². The number of carbonyl (C=O) groups is 2. The van der Waals surface area contributed by atoms with Crippen molar-refractivity contribution < 1.29 is 32.0 Å². The number of rotatable bonds is 5. The molecule has 0 saturated heterocycles. The summed E-state index contributed by atoms with van der Waals surface area (Å²) in [6, 6.07) is 15.7. The van der Waals surface area contributed by atoms with Gasteiger partial charge in [-0.05, 0) is 69.4 Å². The number of hydrogen-bond donors (Lipinski definition) is 1. The number of amides is 1. The van der Waals surface area contributed by atoms with Gasteiger partial charge < -0.3 is 22.4 Å². The van der Waals surface area contributed by atoms with Gasteiger partial charge in [-0.2, -0.15) is 0 Å². The number of ether oxygens (including phenoxy) is 2. The van der Waals surface area contributed by atoms with E-state index in [0.29, 0.717) is 0 Å². The lowest BCUT2D eigenvalue weighted by molar-refractivity contribution is 0.00680. The van der Waals surface area contributed by atoms with Crippen LogP contribution in [0.3, 0.4) is 0 Å². The van der Waals surface area contributed by atoms with Crippen molar-refractivity contribution >= 4 is 30.2 Å². The lowest BCUT2D eigenvalue weighted by Gasteiger charge is -2.29. The van der Waals surface area contributed by atoms with Gasteiger partial charge in [0, 0.05) is 11.6 Å². The predicted octanol–water partition coefficient (Wildman–Crippen LogP) is 6.98. The van der Waals surface area contributed by atoms with Gasteiger partial charge in [-0.3, -0.25) is 5.32 Å². The minimum Gasteiger partial charge on any atom is -0.456 e. The molecular weight excluding hydrogens is 494 g/mol. The average molecular weight is 524 g/mol. The highest BCUT2D eigenvalue weighted by Gasteiger charge is 2.35. The normalized spacial score (nSPS) is 13.1. The van der Waals surface area contributed by atoms with Crippen molar-refractivity contribution in [2.45, 2.75) is 53.1 Å². The summed E-state index contributed by atoms with van der Waals surface area (Å²) in [7, 11) is 0. The molecule has 4 rings (SSSR count). The maximum absolute atomic E-state index is 14.1. The zero-order valence-corrected chi connectivity index (χ0v) is 22.2. The predicted molar refractivity (Wildman–Crippen MR) is 143 cm³/mol. The number of esters is 1. The first-order valence-electron chi connectivity index (χ1n) is 12.4. The molecule has 0 heterocycles. The number of anilines is 1. The van der Waals surface area contributed by atoms with Crippen molar-refractivity contribution in [1.29, 1.82) is 0 Å². The number of nitrogens with one attached hydrogen (secondary N) is 1. The zero-order valence-electron chi connectivity index (χ0n) is 22.2. The van der Waals surface area contributed by atoms with Crippen LogP contribution in [0.2, 0.25) is 0 Å². The lowest BCUT2D eigenvalue weighted by atomic mass is 9.71. The first-order valence-corrected chi connectivity index (χ1v) is 12.4. The molecule has 5 nitrogen and oxygen atoms in total. The Bertz CT molecular complexity index is 1380. The maximum atomic E-state index is 14.1. The number of fused-ring (bicyclic) bond motifs is 3. The Morgan fingerprint density at radius 2 is 1.39 bits per heavy atom. The molecule has 0 spiro atoms. The van der Waals surface area contributed by atoms with Gasteiger partial charge in [-0.15, -0.1) is 0 Å². The Labute approximate surface area is 220 Å². The first-order chi connectivity index (χ1) is 17.7. The molecule has 0 bridgehead atoms. The van der Waals surface area contributed by atoms with Crippen molar-refractivity contribution in [3.8, 4) is 11.1 Å². The van der Waals surface area contributed by atoms with E-state index in [9.17, 15) is 22.5 Å². The molecule has 0 radical (unpaired) electrons. The number of carbonyl (C=O) groups excluding carboxylic acids is 2. The molecule has 3 aromatic rings. The first kappa shape index (κ1) is 27.3. The average Bonchev–Trinajstić information content (AvgIpc) is 3.12. The van der Waals surface area contributed by atoms with E-state index in [-0.39, 0.29) is 40.5 Å². The van der Waals surface area contributed by atoms with Gasteiger partial charge in [0.2, 0.25) is 0 Å². The monoisotopic (exact) mass is 524 g/mol. The van der Waals surface area contributed by atoms with E-state index >= 15 is 0 Å². The SMILES string of the molecule is Cc1c(NC(=O)OCC2c3ccccc3-c3ccccc32)c(C)c([B-](F)(F)F)c(C)c1C(=O)OC(C)(C)C. The van der Waals surface area contributed by atoms with E-state index in [4.69, 9.17) is 9.47 Å². The van der Waals surface area contributed by atoms with Crippen LogP contribution in [0.25, 0.3) is 11.1 Å². The summed E-state index contributed by atoms with van der Waals surface area (Å²) in [5, 5.41) is 2.49. The number of benzene rings is 3.